The average Bonchev–Trinajstić information content (AvgIpc) is 3.13. The van der Waals surface area contributed by atoms with Gasteiger partial charge >= 0.3 is 5.97 Å². The van der Waals surface area contributed by atoms with Crippen LogP contribution in [0.4, 0.5) is 0 Å². The molecule has 3 rings (SSSR count). The highest BCUT2D eigenvalue weighted by atomic mass is 127. The maximum Gasteiger partial charge on any atom is 0.338 e. The van der Waals surface area contributed by atoms with E-state index < -0.39 is 5.97 Å². The number of thiophene rings is 1. The molecule has 1 aromatic carbocycles. The first-order valence-electron chi connectivity index (χ1n) is 9.22. The summed E-state index contributed by atoms with van der Waals surface area (Å²) in [5, 5.41) is 1.63. The van der Waals surface area contributed by atoms with Gasteiger partial charge in [-0.3, -0.25) is 4.79 Å². The SMILES string of the molecule is COC(=O)c1csc(C(=O)COc2cc3c(cc2I)C(C)(C)CCC3(C)C)c1. The number of rotatable bonds is 5. The van der Waals surface area contributed by atoms with E-state index in [9.17, 15) is 9.59 Å². The Hall–Kier alpha value is -1.41. The minimum absolute atomic E-state index is 0.0558. The first-order valence-corrected chi connectivity index (χ1v) is 11.2. The number of ether oxygens (including phenoxy) is 2. The van der Waals surface area contributed by atoms with Gasteiger partial charge in [0.15, 0.2) is 6.61 Å². The number of carbonyl (C=O) groups excluding carboxylic acids is 2. The molecule has 0 bridgehead atoms. The highest BCUT2D eigenvalue weighted by molar-refractivity contribution is 14.1. The van der Waals surface area contributed by atoms with Gasteiger partial charge in [-0.05, 0) is 75.6 Å². The normalized spacial score (nSPS) is 16.9. The van der Waals surface area contributed by atoms with Crippen molar-refractivity contribution in [1.29, 1.82) is 0 Å². The Morgan fingerprint density at radius 1 is 1.07 bits per heavy atom. The van der Waals surface area contributed by atoms with Crippen LogP contribution in [0, 0.1) is 3.57 Å². The van der Waals surface area contributed by atoms with Crippen molar-refractivity contribution in [3.8, 4) is 5.75 Å². The lowest BCUT2D eigenvalue weighted by Gasteiger charge is -2.42. The van der Waals surface area contributed by atoms with Gasteiger partial charge in [0.2, 0.25) is 5.78 Å². The molecule has 1 aliphatic rings. The molecule has 150 valence electrons. The molecule has 4 nitrogen and oxygen atoms in total. The number of hydrogen-bond acceptors (Lipinski definition) is 5. The van der Waals surface area contributed by atoms with Crippen molar-refractivity contribution in [2.24, 2.45) is 0 Å². The molecule has 0 spiro atoms. The summed E-state index contributed by atoms with van der Waals surface area (Å²) >= 11 is 3.51. The van der Waals surface area contributed by atoms with Crippen molar-refractivity contribution >= 4 is 45.7 Å². The van der Waals surface area contributed by atoms with Crippen LogP contribution in [0.1, 0.15) is 71.7 Å². The third kappa shape index (κ3) is 4.13. The van der Waals surface area contributed by atoms with Crippen LogP contribution in [-0.2, 0) is 15.6 Å². The van der Waals surface area contributed by atoms with Gasteiger partial charge in [-0.1, -0.05) is 27.7 Å². The monoisotopic (exact) mass is 512 g/mol. The minimum atomic E-state index is -0.440. The van der Waals surface area contributed by atoms with Crippen LogP contribution in [0.3, 0.4) is 0 Å². The zero-order chi connectivity index (χ0) is 20.7. The molecule has 0 atom stereocenters. The predicted molar refractivity (Wildman–Crippen MR) is 120 cm³/mol. The van der Waals surface area contributed by atoms with Crippen molar-refractivity contribution < 1.29 is 19.1 Å². The van der Waals surface area contributed by atoms with Gasteiger partial charge in [-0.15, -0.1) is 11.3 Å². The maximum absolute atomic E-state index is 12.5. The molecule has 28 heavy (non-hydrogen) atoms. The average molecular weight is 512 g/mol. The molecule has 0 radical (unpaired) electrons. The largest absolute Gasteiger partial charge is 0.484 e. The molecular weight excluding hydrogens is 487 g/mol. The summed E-state index contributed by atoms with van der Waals surface area (Å²) in [7, 11) is 1.32. The van der Waals surface area contributed by atoms with Gasteiger partial charge in [-0.25, -0.2) is 4.79 Å². The number of halogens is 1. The summed E-state index contributed by atoms with van der Waals surface area (Å²) in [6.45, 7) is 9.05. The Bertz CT molecular complexity index is 927. The molecule has 0 aliphatic heterocycles. The maximum atomic E-state index is 12.5. The molecule has 2 aromatic rings. The van der Waals surface area contributed by atoms with Crippen LogP contribution in [-0.4, -0.2) is 25.5 Å². The van der Waals surface area contributed by atoms with Gasteiger partial charge < -0.3 is 9.47 Å². The minimum Gasteiger partial charge on any atom is -0.484 e. The van der Waals surface area contributed by atoms with E-state index in [1.165, 1.54) is 29.6 Å². The second-order valence-corrected chi connectivity index (χ2v) is 10.6. The summed E-state index contributed by atoms with van der Waals surface area (Å²) in [6.07, 6.45) is 2.28. The van der Waals surface area contributed by atoms with Crippen molar-refractivity contribution in [3.63, 3.8) is 0 Å². The van der Waals surface area contributed by atoms with E-state index in [0.29, 0.717) is 10.4 Å². The first-order chi connectivity index (χ1) is 13.0. The van der Waals surface area contributed by atoms with Crippen molar-refractivity contribution in [2.75, 3.05) is 13.7 Å². The molecule has 0 amide bonds. The van der Waals surface area contributed by atoms with Crippen LogP contribution < -0.4 is 4.74 Å². The van der Waals surface area contributed by atoms with Crippen LogP contribution in [0.5, 0.6) is 5.75 Å². The van der Waals surface area contributed by atoms with Gasteiger partial charge in [0, 0.05) is 5.38 Å². The number of fused-ring (bicyclic) bond motifs is 1. The number of methoxy groups -OCH3 is 1. The third-order valence-corrected chi connectivity index (χ3v) is 7.37. The number of Topliss-reactive ketones (excluding diaryl/α,β-unsaturated/α-hetero) is 1. The molecule has 0 saturated heterocycles. The lowest BCUT2D eigenvalue weighted by atomic mass is 9.63. The standard InChI is InChI=1S/C22H25IO4S/c1-21(2)6-7-22(3,4)15-10-18(16(23)9-14(15)21)27-11-17(24)19-8-13(12-28-19)20(25)26-5/h8-10,12H,6-7,11H2,1-5H3. The Balaban J connectivity index is 1.81. The summed E-state index contributed by atoms with van der Waals surface area (Å²) in [5.74, 6) is 0.154. The fraction of sp³-hybridized carbons (Fsp3) is 0.455. The molecule has 0 fully saturated rings. The van der Waals surface area contributed by atoms with E-state index in [0.717, 1.165) is 22.2 Å². The molecule has 0 unspecified atom stereocenters. The molecule has 0 N–H and O–H groups in total. The van der Waals surface area contributed by atoms with Gasteiger partial charge in [0.1, 0.15) is 5.75 Å². The number of benzene rings is 1. The second-order valence-electron chi connectivity index (χ2n) is 8.50. The molecule has 6 heteroatoms. The summed E-state index contributed by atoms with van der Waals surface area (Å²) in [6, 6.07) is 5.88. The van der Waals surface area contributed by atoms with Gasteiger partial charge in [0.25, 0.3) is 0 Å². The van der Waals surface area contributed by atoms with E-state index in [2.05, 4.69) is 67.2 Å². The first kappa shape index (κ1) is 21.3. The van der Waals surface area contributed by atoms with E-state index in [1.807, 2.05) is 0 Å². The van der Waals surface area contributed by atoms with E-state index in [-0.39, 0.29) is 23.2 Å². The topological polar surface area (TPSA) is 52.6 Å². The Morgan fingerprint density at radius 3 is 2.29 bits per heavy atom. The molecule has 1 aliphatic carbocycles. The van der Waals surface area contributed by atoms with Crippen LogP contribution >= 0.6 is 33.9 Å². The Labute approximate surface area is 183 Å². The zero-order valence-corrected chi connectivity index (χ0v) is 19.8. The van der Waals surface area contributed by atoms with Crippen molar-refractivity contribution in [3.05, 3.63) is 48.7 Å². The van der Waals surface area contributed by atoms with Crippen LogP contribution in [0.25, 0.3) is 0 Å². The molecule has 1 aromatic heterocycles. The second kappa shape index (κ2) is 7.78. The highest BCUT2D eigenvalue weighted by Gasteiger charge is 2.37. The third-order valence-electron chi connectivity index (χ3n) is 5.56. The predicted octanol–water partition coefficient (Wildman–Crippen LogP) is 5.75. The lowest BCUT2D eigenvalue weighted by Crippen LogP contribution is -2.34. The fourth-order valence-corrected chi connectivity index (χ4v) is 5.03. The number of esters is 1. The summed E-state index contributed by atoms with van der Waals surface area (Å²) < 4.78 is 11.6. The quantitative estimate of drug-likeness (QED) is 0.291. The molecule has 1 heterocycles. The van der Waals surface area contributed by atoms with Crippen molar-refractivity contribution in [1.82, 2.24) is 0 Å². The highest BCUT2D eigenvalue weighted by Crippen LogP contribution is 2.47. The Kier molecular flexibility index (Phi) is 5.92. The lowest BCUT2D eigenvalue weighted by molar-refractivity contribution is 0.0601. The molecule has 0 saturated carbocycles. The van der Waals surface area contributed by atoms with Crippen LogP contribution in [0.15, 0.2) is 23.6 Å². The number of carbonyl (C=O) groups is 2. The molecular formula is C22H25IO4S. The fourth-order valence-electron chi connectivity index (χ4n) is 3.60. The van der Waals surface area contributed by atoms with Crippen LogP contribution in [0.2, 0.25) is 0 Å². The van der Waals surface area contributed by atoms with E-state index >= 15 is 0 Å². The van der Waals surface area contributed by atoms with E-state index in [4.69, 9.17) is 4.74 Å². The smallest absolute Gasteiger partial charge is 0.338 e. The Morgan fingerprint density at radius 2 is 1.68 bits per heavy atom. The number of hydrogen-bond donors (Lipinski definition) is 0. The number of ketones is 1. The summed E-state index contributed by atoms with van der Waals surface area (Å²) in [4.78, 5) is 24.6. The van der Waals surface area contributed by atoms with Gasteiger partial charge in [-0.2, -0.15) is 0 Å². The summed E-state index contributed by atoms with van der Waals surface area (Å²) in [5.41, 5.74) is 3.28. The van der Waals surface area contributed by atoms with E-state index in [1.54, 1.807) is 11.4 Å². The van der Waals surface area contributed by atoms with Crippen molar-refractivity contribution in [2.45, 2.75) is 51.4 Å². The van der Waals surface area contributed by atoms with Gasteiger partial charge in [0.05, 0.1) is 21.1 Å². The zero-order valence-electron chi connectivity index (χ0n) is 16.8.